The number of nitrogens with one attached hydrogen (secondary N) is 1. The number of carboxylic acids is 1. The largest absolute Gasteiger partial charge is 0.484 e. The van der Waals surface area contributed by atoms with E-state index in [1.54, 1.807) is 24.3 Å². The number of carbonyl (C=O) groups excluding carboxylic acids is 2. The van der Waals surface area contributed by atoms with Crippen molar-refractivity contribution in [2.45, 2.75) is 35.9 Å². The van der Waals surface area contributed by atoms with Gasteiger partial charge in [-0.1, -0.05) is 53.8 Å². The Hall–Kier alpha value is -1.98. The van der Waals surface area contributed by atoms with Crippen molar-refractivity contribution in [3.8, 4) is 5.75 Å². The van der Waals surface area contributed by atoms with Crippen LogP contribution >= 0.6 is 15.9 Å². The quantitative estimate of drug-likeness (QED) is 0.323. The molecule has 2 N–H and O–H groups in total. The summed E-state index contributed by atoms with van der Waals surface area (Å²) in [5.41, 5.74) is 0.349. The molecule has 162 valence electrons. The van der Waals surface area contributed by atoms with Gasteiger partial charge in [-0.15, -0.1) is 0 Å². The highest BCUT2D eigenvalue weighted by atomic mass is 79.9. The van der Waals surface area contributed by atoms with Crippen molar-refractivity contribution in [3.63, 3.8) is 0 Å². The Morgan fingerprint density at radius 2 is 1.90 bits per heavy atom. The first-order chi connectivity index (χ1) is 14.1. The van der Waals surface area contributed by atoms with Gasteiger partial charge in [-0.05, 0) is 17.7 Å². The van der Waals surface area contributed by atoms with E-state index in [0.29, 0.717) is 11.3 Å². The number of aliphatic carboxylic acids is 1. The van der Waals surface area contributed by atoms with Crippen molar-refractivity contribution in [1.29, 1.82) is 0 Å². The molecular formula is C19H23BrN2O6SSi. The van der Waals surface area contributed by atoms with Gasteiger partial charge in [0.1, 0.15) is 22.9 Å². The first-order valence-electron chi connectivity index (χ1n) is 9.30. The topological polar surface area (TPSA) is 113 Å². The van der Waals surface area contributed by atoms with Gasteiger partial charge in [-0.2, -0.15) is 0 Å². The van der Waals surface area contributed by atoms with Crippen molar-refractivity contribution in [2.75, 3.05) is 11.9 Å². The van der Waals surface area contributed by atoms with Crippen LogP contribution in [0, 0.1) is 0 Å². The fraction of sp³-hybridized carbons (Fsp3) is 0.421. The minimum Gasteiger partial charge on any atom is -0.484 e. The lowest BCUT2D eigenvalue weighted by atomic mass is 10.0. The Kier molecular flexibility index (Phi) is 6.53. The number of β-lactam (4-membered cyclic amide) rings is 1. The summed E-state index contributed by atoms with van der Waals surface area (Å²) in [4.78, 5) is 37.6. The van der Waals surface area contributed by atoms with E-state index in [-0.39, 0.29) is 17.6 Å². The number of fused-ring (bicyclic) bond motifs is 1. The van der Waals surface area contributed by atoms with Crippen molar-refractivity contribution in [1.82, 2.24) is 10.2 Å². The molecule has 2 heterocycles. The zero-order chi connectivity index (χ0) is 22.2. The second-order valence-corrected chi connectivity index (χ2v) is 16.0. The number of ether oxygens (including phenoxy) is 1. The lowest BCUT2D eigenvalue weighted by Gasteiger charge is -2.52. The number of amides is 2. The predicted octanol–water partition coefficient (Wildman–Crippen LogP) is 1.46. The number of rotatable bonds is 7. The van der Waals surface area contributed by atoms with Gasteiger partial charge in [0.05, 0.1) is 23.7 Å². The molecule has 11 heteroatoms. The van der Waals surface area contributed by atoms with Crippen molar-refractivity contribution in [2.24, 2.45) is 0 Å². The highest BCUT2D eigenvalue weighted by Gasteiger charge is 2.61. The molecule has 1 aromatic carbocycles. The number of carbonyl (C=O) groups is 3. The molecule has 1 saturated heterocycles. The standard InChI is InChI=1S/C19H23BrN2O6SSi/c1-30(2,3)19-12(9-20)15(18(25)26)22-16(24)14(17(22)29(19)27)21-13(23)10-28-11-7-5-4-6-8-11/h4-8,14,17,19H,9-10H2,1-3H3,(H,21,23)(H,25,26)/t14?,17-,19?,29?/m1/s1. The first kappa shape index (κ1) is 22.7. The van der Waals surface area contributed by atoms with Gasteiger partial charge in [-0.25, -0.2) is 4.79 Å². The molecule has 30 heavy (non-hydrogen) atoms. The highest BCUT2D eigenvalue weighted by Crippen LogP contribution is 2.41. The molecule has 3 unspecified atom stereocenters. The summed E-state index contributed by atoms with van der Waals surface area (Å²) >= 11 is 3.31. The number of hydrogen-bond acceptors (Lipinski definition) is 5. The van der Waals surface area contributed by atoms with Gasteiger partial charge in [0.2, 0.25) is 0 Å². The average Bonchev–Trinajstić information content (AvgIpc) is 2.68. The maximum absolute atomic E-state index is 13.4. The number of halogens is 1. The minimum atomic E-state index is -2.11. The fourth-order valence-electron chi connectivity index (χ4n) is 3.76. The normalized spacial score (nSPS) is 26.0. The van der Waals surface area contributed by atoms with Crippen molar-refractivity contribution >= 4 is 52.6 Å². The highest BCUT2D eigenvalue weighted by molar-refractivity contribution is 9.09. The van der Waals surface area contributed by atoms with E-state index in [1.807, 2.05) is 25.7 Å². The van der Waals surface area contributed by atoms with Crippen molar-refractivity contribution in [3.05, 3.63) is 41.6 Å². The van der Waals surface area contributed by atoms with Gasteiger partial charge >= 0.3 is 5.97 Å². The molecule has 0 aliphatic carbocycles. The van der Waals surface area contributed by atoms with E-state index in [1.165, 1.54) is 0 Å². The Labute approximate surface area is 186 Å². The lowest BCUT2D eigenvalue weighted by Crippen LogP contribution is -2.76. The van der Waals surface area contributed by atoms with Crippen molar-refractivity contribution < 1.29 is 28.4 Å². The summed E-state index contributed by atoms with van der Waals surface area (Å²) in [6, 6.07) is 7.71. The van der Waals surface area contributed by atoms with Crippen LogP contribution in [0.5, 0.6) is 5.75 Å². The third-order valence-corrected chi connectivity index (χ3v) is 12.0. The van der Waals surface area contributed by atoms with E-state index in [4.69, 9.17) is 4.74 Å². The van der Waals surface area contributed by atoms with Crippen LogP contribution in [0.2, 0.25) is 19.6 Å². The van der Waals surface area contributed by atoms with Gasteiger partial charge in [0, 0.05) is 5.33 Å². The number of alkyl halides is 1. The van der Waals surface area contributed by atoms with E-state index in [0.717, 1.165) is 4.90 Å². The molecule has 1 aromatic rings. The molecule has 4 atom stereocenters. The van der Waals surface area contributed by atoms with Crippen LogP contribution in [0.3, 0.4) is 0 Å². The summed E-state index contributed by atoms with van der Waals surface area (Å²) in [6.45, 7) is 5.72. The van der Waals surface area contributed by atoms with Crippen LogP contribution in [-0.4, -0.2) is 68.3 Å². The number of nitrogens with zero attached hydrogens (tertiary/aromatic N) is 1. The molecule has 0 bridgehead atoms. The first-order valence-corrected chi connectivity index (χ1v) is 15.3. The molecule has 8 nitrogen and oxygen atoms in total. The summed E-state index contributed by atoms with van der Waals surface area (Å²) in [5, 5.41) is 11.7. The molecule has 0 radical (unpaired) electrons. The van der Waals surface area contributed by atoms with Gasteiger partial charge in [0.25, 0.3) is 11.8 Å². The fourth-order valence-corrected chi connectivity index (χ4v) is 11.0. The van der Waals surface area contributed by atoms with Gasteiger partial charge in [-0.3, -0.25) is 18.7 Å². The third kappa shape index (κ3) is 4.10. The Morgan fingerprint density at radius 3 is 2.43 bits per heavy atom. The van der Waals surface area contributed by atoms with Gasteiger partial charge < -0.3 is 15.2 Å². The molecule has 2 aliphatic heterocycles. The SMILES string of the molecule is C[Si](C)(C)C1C(CBr)=C(C(=O)O)N2C(=O)C(NC(=O)COc3ccccc3)[C@H]2S1=O. The zero-order valence-electron chi connectivity index (χ0n) is 16.8. The lowest BCUT2D eigenvalue weighted by molar-refractivity contribution is -0.151. The molecule has 0 spiro atoms. The van der Waals surface area contributed by atoms with E-state index in [9.17, 15) is 23.7 Å². The van der Waals surface area contributed by atoms with E-state index >= 15 is 0 Å². The van der Waals surface area contributed by atoms with Crippen LogP contribution in [0.15, 0.2) is 41.6 Å². The second-order valence-electron chi connectivity index (χ2n) is 8.13. The molecule has 2 aliphatic rings. The van der Waals surface area contributed by atoms with Crippen LogP contribution in [-0.2, 0) is 25.2 Å². The molecule has 0 saturated carbocycles. The Bertz CT molecular complexity index is 933. The minimum absolute atomic E-state index is 0.125. The molecule has 2 amide bonds. The zero-order valence-corrected chi connectivity index (χ0v) is 20.2. The van der Waals surface area contributed by atoms with Crippen LogP contribution < -0.4 is 10.1 Å². The summed E-state index contributed by atoms with van der Waals surface area (Å²) < 4.78 is 18.8. The predicted molar refractivity (Wildman–Crippen MR) is 118 cm³/mol. The molecule has 1 fully saturated rings. The Balaban J connectivity index is 1.82. The van der Waals surface area contributed by atoms with Gasteiger partial charge in [0.15, 0.2) is 6.61 Å². The molecular weight excluding hydrogens is 492 g/mol. The molecule has 0 aromatic heterocycles. The number of benzene rings is 1. The number of hydrogen-bond donors (Lipinski definition) is 2. The third-order valence-electron chi connectivity index (χ3n) is 4.94. The summed E-state index contributed by atoms with van der Waals surface area (Å²) in [7, 11) is -3.66. The maximum Gasteiger partial charge on any atom is 0.352 e. The van der Waals surface area contributed by atoms with Crippen LogP contribution in [0.1, 0.15) is 0 Å². The Morgan fingerprint density at radius 1 is 1.27 bits per heavy atom. The van der Waals surface area contributed by atoms with E-state index in [2.05, 4.69) is 21.2 Å². The van der Waals surface area contributed by atoms with Crippen LogP contribution in [0.4, 0.5) is 0 Å². The summed E-state index contributed by atoms with van der Waals surface area (Å²) in [5.74, 6) is -1.84. The number of para-hydroxylation sites is 1. The molecule has 3 rings (SSSR count). The van der Waals surface area contributed by atoms with Crippen LogP contribution in [0.25, 0.3) is 0 Å². The monoisotopic (exact) mass is 514 g/mol. The van der Waals surface area contributed by atoms with E-state index < -0.39 is 52.9 Å². The maximum atomic E-state index is 13.4. The summed E-state index contributed by atoms with van der Waals surface area (Å²) in [6.07, 6.45) is 0. The second kappa shape index (κ2) is 8.64. The average molecular weight is 515 g/mol. The number of carboxylic acid groups (broad SMARTS) is 1. The smallest absolute Gasteiger partial charge is 0.352 e.